The molecule has 80 valence electrons. The maximum atomic E-state index is 11.1. The fraction of sp³-hybridized carbons (Fsp3) is 0.417. The van der Waals surface area contributed by atoms with Gasteiger partial charge in [-0.25, -0.2) is 0 Å². The van der Waals surface area contributed by atoms with Crippen LogP contribution < -0.4 is 5.32 Å². The zero-order chi connectivity index (χ0) is 10.8. The molecular formula is C12H14ClNO. The van der Waals surface area contributed by atoms with E-state index < -0.39 is 0 Å². The molecule has 0 saturated carbocycles. The third-order valence-electron chi connectivity index (χ3n) is 2.90. The summed E-state index contributed by atoms with van der Waals surface area (Å²) in [6.07, 6.45) is 1.53. The molecule has 1 fully saturated rings. The lowest BCUT2D eigenvalue weighted by atomic mass is 9.96. The fourth-order valence-corrected chi connectivity index (χ4v) is 2.21. The van der Waals surface area contributed by atoms with Crippen molar-refractivity contribution < 1.29 is 4.79 Å². The molecule has 1 aromatic rings. The summed E-state index contributed by atoms with van der Waals surface area (Å²) in [7, 11) is 0. The molecule has 0 spiro atoms. The Bertz CT molecular complexity index is 389. The summed E-state index contributed by atoms with van der Waals surface area (Å²) in [5.74, 6) is 0.466. The van der Waals surface area contributed by atoms with Crippen LogP contribution in [0.2, 0.25) is 5.02 Å². The number of benzene rings is 1. The molecule has 2 nitrogen and oxygen atoms in total. The van der Waals surface area contributed by atoms with Crippen molar-refractivity contribution in [1.29, 1.82) is 0 Å². The average molecular weight is 224 g/mol. The van der Waals surface area contributed by atoms with E-state index in [1.165, 1.54) is 5.56 Å². The number of aryl methyl sites for hydroxylation is 1. The van der Waals surface area contributed by atoms with Crippen molar-refractivity contribution in [3.63, 3.8) is 0 Å². The molecule has 1 aliphatic heterocycles. The standard InChI is InChI=1S/C12H14ClNO/c1-2-8-5-9(3-4-11(8)13)10-6-12(15)14-7-10/h3-5,10H,2,6-7H2,1H3,(H,14,15)/t10-/m1/s1. The van der Waals surface area contributed by atoms with Crippen molar-refractivity contribution in [2.45, 2.75) is 25.7 Å². The van der Waals surface area contributed by atoms with Gasteiger partial charge in [-0.05, 0) is 23.6 Å². The van der Waals surface area contributed by atoms with Crippen molar-refractivity contribution in [2.75, 3.05) is 6.54 Å². The summed E-state index contributed by atoms with van der Waals surface area (Å²) in [4.78, 5) is 11.1. The molecule has 2 rings (SSSR count). The van der Waals surface area contributed by atoms with Gasteiger partial charge in [0.05, 0.1) is 0 Å². The van der Waals surface area contributed by atoms with Crippen molar-refractivity contribution in [3.05, 3.63) is 34.3 Å². The van der Waals surface area contributed by atoms with Gasteiger partial charge in [0, 0.05) is 23.9 Å². The molecule has 0 aromatic heterocycles. The highest BCUT2D eigenvalue weighted by Crippen LogP contribution is 2.27. The molecule has 3 heteroatoms. The number of rotatable bonds is 2. The lowest BCUT2D eigenvalue weighted by molar-refractivity contribution is -0.119. The van der Waals surface area contributed by atoms with Crippen LogP contribution >= 0.6 is 11.6 Å². The Balaban J connectivity index is 2.25. The largest absolute Gasteiger partial charge is 0.355 e. The number of amides is 1. The predicted molar refractivity (Wildman–Crippen MR) is 61.2 cm³/mol. The van der Waals surface area contributed by atoms with E-state index in [9.17, 15) is 4.79 Å². The average Bonchev–Trinajstić information content (AvgIpc) is 2.66. The third kappa shape index (κ3) is 2.15. The zero-order valence-corrected chi connectivity index (χ0v) is 9.47. The lowest BCUT2D eigenvalue weighted by Crippen LogP contribution is -2.13. The van der Waals surface area contributed by atoms with E-state index in [-0.39, 0.29) is 5.91 Å². The first-order valence-corrected chi connectivity index (χ1v) is 5.63. The number of carbonyl (C=O) groups is 1. The van der Waals surface area contributed by atoms with Crippen molar-refractivity contribution >= 4 is 17.5 Å². The van der Waals surface area contributed by atoms with Gasteiger partial charge in [0.15, 0.2) is 0 Å². The van der Waals surface area contributed by atoms with Gasteiger partial charge >= 0.3 is 0 Å². The minimum atomic E-state index is 0.146. The highest BCUT2D eigenvalue weighted by Gasteiger charge is 2.23. The monoisotopic (exact) mass is 223 g/mol. The number of hydrogen-bond donors (Lipinski definition) is 1. The van der Waals surface area contributed by atoms with Gasteiger partial charge in [0.25, 0.3) is 0 Å². The van der Waals surface area contributed by atoms with Crippen molar-refractivity contribution in [1.82, 2.24) is 5.32 Å². The van der Waals surface area contributed by atoms with E-state index in [0.29, 0.717) is 12.3 Å². The van der Waals surface area contributed by atoms with Crippen LogP contribution in [-0.4, -0.2) is 12.5 Å². The predicted octanol–water partition coefficient (Wildman–Crippen LogP) is 2.51. The Morgan fingerprint density at radius 2 is 2.33 bits per heavy atom. The molecule has 1 aromatic carbocycles. The van der Waals surface area contributed by atoms with Crippen LogP contribution in [0.4, 0.5) is 0 Å². The second kappa shape index (κ2) is 4.23. The maximum Gasteiger partial charge on any atom is 0.220 e. The minimum Gasteiger partial charge on any atom is -0.355 e. The lowest BCUT2D eigenvalue weighted by Gasteiger charge is -2.10. The molecule has 0 bridgehead atoms. The van der Waals surface area contributed by atoms with E-state index in [4.69, 9.17) is 11.6 Å². The minimum absolute atomic E-state index is 0.146. The van der Waals surface area contributed by atoms with Gasteiger partial charge in [-0.3, -0.25) is 4.79 Å². The van der Waals surface area contributed by atoms with E-state index in [0.717, 1.165) is 23.6 Å². The normalized spacial score (nSPS) is 20.4. The Morgan fingerprint density at radius 3 is 2.93 bits per heavy atom. The fourth-order valence-electron chi connectivity index (χ4n) is 1.96. The molecule has 0 radical (unpaired) electrons. The van der Waals surface area contributed by atoms with Crippen molar-refractivity contribution in [3.8, 4) is 0 Å². The van der Waals surface area contributed by atoms with Gasteiger partial charge in [0.1, 0.15) is 0 Å². The summed E-state index contributed by atoms with van der Waals surface area (Å²) in [5, 5.41) is 3.67. The van der Waals surface area contributed by atoms with Crippen LogP contribution in [-0.2, 0) is 11.2 Å². The quantitative estimate of drug-likeness (QED) is 0.820. The van der Waals surface area contributed by atoms with Gasteiger partial charge in [0.2, 0.25) is 5.91 Å². The topological polar surface area (TPSA) is 29.1 Å². The van der Waals surface area contributed by atoms with Crippen LogP contribution in [0, 0.1) is 0 Å². The summed E-state index contributed by atoms with van der Waals surface area (Å²) in [6.45, 7) is 2.84. The number of halogens is 1. The first kappa shape index (κ1) is 10.5. The van der Waals surface area contributed by atoms with Gasteiger partial charge in [-0.2, -0.15) is 0 Å². The smallest absolute Gasteiger partial charge is 0.220 e. The summed E-state index contributed by atoms with van der Waals surface area (Å²) in [6, 6.07) is 6.07. The van der Waals surface area contributed by atoms with E-state index in [2.05, 4.69) is 18.3 Å². The summed E-state index contributed by atoms with van der Waals surface area (Å²) >= 11 is 6.05. The Morgan fingerprint density at radius 1 is 1.53 bits per heavy atom. The third-order valence-corrected chi connectivity index (χ3v) is 3.27. The van der Waals surface area contributed by atoms with Crippen LogP contribution in [0.15, 0.2) is 18.2 Å². The Labute approximate surface area is 94.6 Å². The molecule has 1 atom stereocenters. The summed E-state index contributed by atoms with van der Waals surface area (Å²) < 4.78 is 0. The molecule has 15 heavy (non-hydrogen) atoms. The second-order valence-corrected chi connectivity index (χ2v) is 4.32. The molecule has 1 amide bonds. The van der Waals surface area contributed by atoms with Gasteiger partial charge in [-0.15, -0.1) is 0 Å². The van der Waals surface area contributed by atoms with Gasteiger partial charge < -0.3 is 5.32 Å². The van der Waals surface area contributed by atoms with Crippen LogP contribution in [0.3, 0.4) is 0 Å². The molecule has 1 N–H and O–H groups in total. The Hall–Kier alpha value is -1.02. The molecule has 1 heterocycles. The van der Waals surface area contributed by atoms with Crippen LogP contribution in [0.1, 0.15) is 30.4 Å². The van der Waals surface area contributed by atoms with Crippen molar-refractivity contribution in [2.24, 2.45) is 0 Å². The maximum absolute atomic E-state index is 11.1. The highest BCUT2D eigenvalue weighted by atomic mass is 35.5. The molecule has 1 aliphatic rings. The van der Waals surface area contributed by atoms with E-state index in [1.807, 2.05) is 12.1 Å². The first-order valence-electron chi connectivity index (χ1n) is 5.25. The number of carbonyl (C=O) groups excluding carboxylic acids is 1. The summed E-state index contributed by atoms with van der Waals surface area (Å²) in [5.41, 5.74) is 2.38. The SMILES string of the molecule is CCc1cc([C@H]2CNC(=O)C2)ccc1Cl. The van der Waals surface area contributed by atoms with Crippen LogP contribution in [0.5, 0.6) is 0 Å². The first-order chi connectivity index (χ1) is 7.20. The molecular weight excluding hydrogens is 210 g/mol. The van der Waals surface area contributed by atoms with E-state index >= 15 is 0 Å². The van der Waals surface area contributed by atoms with Crippen LogP contribution in [0.25, 0.3) is 0 Å². The Kier molecular flexibility index (Phi) is 2.96. The molecule has 1 saturated heterocycles. The second-order valence-electron chi connectivity index (χ2n) is 3.91. The molecule has 0 unspecified atom stereocenters. The number of hydrogen-bond acceptors (Lipinski definition) is 1. The van der Waals surface area contributed by atoms with E-state index in [1.54, 1.807) is 0 Å². The number of nitrogens with one attached hydrogen (secondary N) is 1. The highest BCUT2D eigenvalue weighted by molar-refractivity contribution is 6.31. The molecule has 0 aliphatic carbocycles. The van der Waals surface area contributed by atoms with Gasteiger partial charge in [-0.1, -0.05) is 30.7 Å². The zero-order valence-electron chi connectivity index (χ0n) is 8.72.